The molecule has 6 heterocycles. The van der Waals surface area contributed by atoms with E-state index in [4.69, 9.17) is 0 Å². The van der Waals surface area contributed by atoms with Crippen molar-refractivity contribution >= 4 is 63.5 Å². The first kappa shape index (κ1) is 42.3. The van der Waals surface area contributed by atoms with Crippen molar-refractivity contribution in [1.29, 1.82) is 0 Å². The molecular formula is C48H41N9O7S. The van der Waals surface area contributed by atoms with Crippen LogP contribution in [0, 0.1) is 11.8 Å². The molecule has 4 N–H and O–H groups in total. The van der Waals surface area contributed by atoms with Crippen LogP contribution in [0.15, 0.2) is 109 Å². The van der Waals surface area contributed by atoms with Gasteiger partial charge < -0.3 is 25.8 Å². The molecule has 3 aromatic carbocycles. The van der Waals surface area contributed by atoms with Gasteiger partial charge in [-0.1, -0.05) is 60.9 Å². The highest BCUT2D eigenvalue weighted by atomic mass is 32.1. The number of imide groups is 1. The Balaban J connectivity index is 0.762. The first-order valence-electron chi connectivity index (χ1n) is 21.0. The molecule has 2 saturated heterocycles. The Morgan fingerprint density at radius 1 is 0.862 bits per heavy atom. The van der Waals surface area contributed by atoms with Crippen molar-refractivity contribution in [2.45, 2.75) is 50.4 Å². The number of likely N-dealkylation sites (tertiary alicyclic amines) is 1. The maximum absolute atomic E-state index is 13.8. The van der Waals surface area contributed by atoms with Gasteiger partial charge in [-0.25, -0.2) is 9.97 Å². The quantitative estimate of drug-likeness (QED) is 0.114. The van der Waals surface area contributed by atoms with Crippen molar-refractivity contribution in [2.24, 2.45) is 0 Å². The fourth-order valence-electron chi connectivity index (χ4n) is 8.48. The number of pyridine rings is 1. The summed E-state index contributed by atoms with van der Waals surface area (Å²) in [6.45, 7) is 4.69. The highest BCUT2D eigenvalue weighted by Gasteiger charge is 2.45. The van der Waals surface area contributed by atoms with Crippen LogP contribution in [0.3, 0.4) is 0 Å². The molecule has 0 radical (unpaired) electrons. The summed E-state index contributed by atoms with van der Waals surface area (Å²) in [5.41, 5.74) is 4.49. The van der Waals surface area contributed by atoms with Gasteiger partial charge in [0.1, 0.15) is 17.8 Å². The predicted molar refractivity (Wildman–Crippen MR) is 239 cm³/mol. The summed E-state index contributed by atoms with van der Waals surface area (Å²) in [5.74, 6) is 3.35. The van der Waals surface area contributed by atoms with E-state index in [-0.39, 0.29) is 66.0 Å². The summed E-state index contributed by atoms with van der Waals surface area (Å²) in [5, 5.41) is 13.7. The highest BCUT2D eigenvalue weighted by molar-refractivity contribution is 7.13. The fraction of sp³-hybridized carbons (Fsp3) is 0.229. The molecule has 0 aliphatic carbocycles. The van der Waals surface area contributed by atoms with Crippen molar-refractivity contribution in [1.82, 2.24) is 35.3 Å². The van der Waals surface area contributed by atoms with Gasteiger partial charge in [-0.2, -0.15) is 0 Å². The van der Waals surface area contributed by atoms with Gasteiger partial charge in [0, 0.05) is 71.5 Å². The van der Waals surface area contributed by atoms with Gasteiger partial charge in [0.15, 0.2) is 5.13 Å². The Hall–Kier alpha value is -7.97. The number of amides is 7. The normalized spacial score (nSPS) is 17.4. The third-order valence-corrected chi connectivity index (χ3v) is 12.5. The number of hydrogen-bond donors (Lipinski definition) is 4. The van der Waals surface area contributed by atoms with Gasteiger partial charge in [-0.3, -0.25) is 43.8 Å². The van der Waals surface area contributed by atoms with Crippen LogP contribution in [0.5, 0.6) is 0 Å². The molecule has 2 fully saturated rings. The molecule has 4 aliphatic heterocycles. The molecule has 9 rings (SSSR count). The van der Waals surface area contributed by atoms with Gasteiger partial charge in [-0.05, 0) is 73.2 Å². The van der Waals surface area contributed by atoms with E-state index in [0.29, 0.717) is 71.1 Å². The van der Waals surface area contributed by atoms with E-state index in [1.807, 2.05) is 42.5 Å². The number of benzene rings is 3. The predicted octanol–water partition coefficient (Wildman–Crippen LogP) is 4.49. The summed E-state index contributed by atoms with van der Waals surface area (Å²) in [4.78, 5) is 106. The molecule has 2 unspecified atom stereocenters. The summed E-state index contributed by atoms with van der Waals surface area (Å²) < 4.78 is 0. The number of carbonyl (C=O) groups excluding carboxylic acids is 7. The van der Waals surface area contributed by atoms with Crippen LogP contribution in [0.2, 0.25) is 0 Å². The second-order valence-electron chi connectivity index (χ2n) is 16.0. The number of nitrogens with zero attached hydrogens (tertiary/aromatic N) is 5. The molecule has 0 saturated carbocycles. The van der Waals surface area contributed by atoms with Gasteiger partial charge >= 0.3 is 0 Å². The Morgan fingerprint density at radius 3 is 2.38 bits per heavy atom. The number of allylic oxidation sites excluding steroid dienone is 1. The number of fused-ring (bicyclic) bond motifs is 2. The van der Waals surface area contributed by atoms with E-state index in [1.165, 1.54) is 23.6 Å². The molecule has 326 valence electrons. The lowest BCUT2D eigenvalue weighted by molar-refractivity contribution is -0.130. The summed E-state index contributed by atoms with van der Waals surface area (Å²) in [7, 11) is 0. The van der Waals surface area contributed by atoms with Gasteiger partial charge in [0.2, 0.25) is 11.8 Å². The third-order valence-electron chi connectivity index (χ3n) is 11.8. The Labute approximate surface area is 377 Å². The van der Waals surface area contributed by atoms with E-state index < -0.39 is 29.8 Å². The minimum absolute atomic E-state index is 0.120. The number of piperidine rings is 2. The number of carbonyl (C=O) groups is 7. The first-order chi connectivity index (χ1) is 31.5. The Bertz CT molecular complexity index is 2830. The van der Waals surface area contributed by atoms with E-state index in [1.54, 1.807) is 51.7 Å². The number of hydrogen-bond acceptors (Lipinski definition) is 11. The van der Waals surface area contributed by atoms with Crippen LogP contribution in [0.25, 0.3) is 0 Å². The molecule has 4 aliphatic rings. The number of anilines is 2. The van der Waals surface area contributed by atoms with Crippen LogP contribution in [-0.2, 0) is 20.9 Å². The van der Waals surface area contributed by atoms with Crippen LogP contribution >= 0.6 is 11.3 Å². The van der Waals surface area contributed by atoms with Crippen molar-refractivity contribution in [2.75, 3.05) is 30.3 Å². The molecule has 0 spiro atoms. The number of nitrogens with one attached hydrogen (secondary N) is 4. The van der Waals surface area contributed by atoms with Gasteiger partial charge in [0.25, 0.3) is 29.5 Å². The molecule has 5 aromatic rings. The van der Waals surface area contributed by atoms with Crippen LogP contribution in [-0.4, -0.2) is 97.7 Å². The van der Waals surface area contributed by atoms with E-state index in [0.717, 1.165) is 10.5 Å². The van der Waals surface area contributed by atoms with Crippen LogP contribution < -0.4 is 21.3 Å². The monoisotopic (exact) mass is 887 g/mol. The van der Waals surface area contributed by atoms with E-state index in [9.17, 15) is 33.6 Å². The lowest BCUT2D eigenvalue weighted by Gasteiger charge is -2.32. The number of thiazole rings is 1. The lowest BCUT2D eigenvalue weighted by Crippen LogP contribution is -2.51. The maximum atomic E-state index is 13.8. The first-order valence-corrected chi connectivity index (χ1v) is 21.9. The Kier molecular flexibility index (Phi) is 11.7. The topological polar surface area (TPSA) is 203 Å². The second-order valence-corrected chi connectivity index (χ2v) is 16.9. The molecule has 0 bridgehead atoms. The zero-order valence-corrected chi connectivity index (χ0v) is 35.7. The smallest absolute Gasteiger partial charge is 0.270 e. The van der Waals surface area contributed by atoms with Crippen molar-refractivity contribution < 1.29 is 33.6 Å². The molecular weight excluding hydrogens is 847 g/mol. The molecule has 16 nitrogen and oxygen atoms in total. The molecule has 65 heavy (non-hydrogen) atoms. The zero-order chi connectivity index (χ0) is 45.2. The Morgan fingerprint density at radius 2 is 1.65 bits per heavy atom. The minimum atomic E-state index is -0.941. The molecule has 2 aromatic heterocycles. The standard InChI is InChI=1S/C48H41N9O7S/c1-28-10-17-38(43(60)52-28)57-46(63)34-8-5-9-36(40(34)47(57)64)51-26-39(58)55-21-18-33(19-22-55)53-42(59)37-16-14-30(25-50-37)12-11-29-13-15-32-27-56(45(62)35(32)24-29)41(31-6-3-2-4-7-31)44(61)54-48-49-20-23-65-48/h2-9,13-16,20,23-25,33,38,41,51H,1,10,17-19,21-22,26-27H2,(H,52,60)(H,53,59)(H,49,54,61). The summed E-state index contributed by atoms with van der Waals surface area (Å²) >= 11 is 1.30. The number of rotatable bonds is 10. The minimum Gasteiger partial charge on any atom is -0.375 e. The van der Waals surface area contributed by atoms with Crippen LogP contribution in [0.4, 0.5) is 10.8 Å². The van der Waals surface area contributed by atoms with Gasteiger partial charge in [-0.15, -0.1) is 11.3 Å². The summed E-state index contributed by atoms with van der Waals surface area (Å²) in [6, 6.07) is 20.6. The third kappa shape index (κ3) is 8.71. The van der Waals surface area contributed by atoms with E-state index >= 15 is 0 Å². The van der Waals surface area contributed by atoms with Gasteiger partial charge in [0.05, 0.1) is 17.7 Å². The largest absolute Gasteiger partial charge is 0.375 e. The SMILES string of the molecule is C=C1CCC(N2C(=O)c3cccc(NCC(=O)N4CCC(NC(=O)c5ccc(C#Cc6ccc7c(c6)C(=O)N(C(C(=O)Nc6nccs6)c6ccccc6)C7)cn5)CC4)c3C2=O)C(=O)N1. The molecule has 2 atom stereocenters. The van der Waals surface area contributed by atoms with E-state index in [2.05, 4.69) is 49.7 Å². The van der Waals surface area contributed by atoms with Crippen LogP contribution in [0.1, 0.15) is 95.5 Å². The number of aromatic nitrogens is 2. The zero-order valence-electron chi connectivity index (χ0n) is 34.8. The lowest BCUT2D eigenvalue weighted by atomic mass is 10.0. The summed E-state index contributed by atoms with van der Waals surface area (Å²) in [6.07, 6.45) is 4.89. The van der Waals surface area contributed by atoms with Crippen molar-refractivity contribution in [3.8, 4) is 11.8 Å². The molecule has 17 heteroatoms. The fourth-order valence-corrected chi connectivity index (χ4v) is 9.01. The average Bonchev–Trinajstić information content (AvgIpc) is 4.02. The highest BCUT2D eigenvalue weighted by Crippen LogP contribution is 2.35. The molecule has 7 amide bonds. The second kappa shape index (κ2) is 18.0. The van der Waals surface area contributed by atoms with Crippen molar-refractivity contribution in [3.63, 3.8) is 0 Å². The van der Waals surface area contributed by atoms with Crippen molar-refractivity contribution in [3.05, 3.63) is 154 Å². The average molecular weight is 888 g/mol. The maximum Gasteiger partial charge on any atom is 0.270 e.